The van der Waals surface area contributed by atoms with Crippen LogP contribution in [0.5, 0.6) is 11.5 Å². The summed E-state index contributed by atoms with van der Waals surface area (Å²) in [5, 5.41) is 3.54. The minimum Gasteiger partial charge on any atom is -0.493 e. The van der Waals surface area contributed by atoms with Crippen molar-refractivity contribution >= 4 is 35.6 Å². The van der Waals surface area contributed by atoms with E-state index in [4.69, 9.17) is 9.47 Å². The van der Waals surface area contributed by atoms with Crippen molar-refractivity contribution in [3.63, 3.8) is 0 Å². The van der Waals surface area contributed by atoms with Crippen molar-refractivity contribution in [3.8, 4) is 11.5 Å². The quantitative estimate of drug-likeness (QED) is 0.235. The van der Waals surface area contributed by atoms with Crippen LogP contribution in [0.1, 0.15) is 11.1 Å². The van der Waals surface area contributed by atoms with Gasteiger partial charge in [0.25, 0.3) is 0 Å². The van der Waals surface area contributed by atoms with Crippen molar-refractivity contribution in [2.45, 2.75) is 13.1 Å². The zero-order valence-corrected chi connectivity index (χ0v) is 22.7. The van der Waals surface area contributed by atoms with Crippen LogP contribution in [-0.4, -0.2) is 76.3 Å². The van der Waals surface area contributed by atoms with Gasteiger partial charge < -0.3 is 24.6 Å². The van der Waals surface area contributed by atoms with Crippen LogP contribution in [0.15, 0.2) is 59.6 Å². The second kappa shape index (κ2) is 12.9. The van der Waals surface area contributed by atoms with Crippen molar-refractivity contribution in [2.75, 3.05) is 65.4 Å². The monoisotopic (exact) mass is 577 g/mol. The van der Waals surface area contributed by atoms with Gasteiger partial charge in [0.05, 0.1) is 14.2 Å². The Labute approximate surface area is 220 Å². The molecule has 0 radical (unpaired) electrons. The summed E-state index contributed by atoms with van der Waals surface area (Å²) < 4.78 is 10.8. The zero-order chi connectivity index (χ0) is 23.0. The molecule has 1 saturated heterocycles. The van der Waals surface area contributed by atoms with Gasteiger partial charge in [0.1, 0.15) is 0 Å². The Morgan fingerprint density at radius 2 is 1.53 bits per heavy atom. The number of halogens is 1. The first kappa shape index (κ1) is 26.2. The Morgan fingerprint density at radius 3 is 2.15 bits per heavy atom. The summed E-state index contributed by atoms with van der Waals surface area (Å²) in [6.07, 6.45) is 4.43. The summed E-state index contributed by atoms with van der Waals surface area (Å²) in [5.41, 5.74) is 3.77. The molecule has 0 atom stereocenters. The average molecular weight is 578 g/mol. The summed E-state index contributed by atoms with van der Waals surface area (Å²) in [5.74, 6) is 2.51. The van der Waals surface area contributed by atoms with Crippen molar-refractivity contribution in [3.05, 3.63) is 65.7 Å². The lowest BCUT2D eigenvalue weighted by molar-refractivity contribution is 0.172. The van der Waals surface area contributed by atoms with E-state index in [-0.39, 0.29) is 24.0 Å². The SMILES string of the molecule is CN=C(NCc1ccc(N2CC=CC2)cc1)N1CCN(Cc2ccc(OC)c(OC)c2)CC1.I. The Kier molecular flexibility index (Phi) is 9.88. The molecule has 1 N–H and O–H groups in total. The number of benzene rings is 2. The highest BCUT2D eigenvalue weighted by Crippen LogP contribution is 2.28. The number of aliphatic imine (C=N–C) groups is 1. The third kappa shape index (κ3) is 6.56. The highest BCUT2D eigenvalue weighted by atomic mass is 127. The lowest BCUT2D eigenvalue weighted by Gasteiger charge is -2.36. The highest BCUT2D eigenvalue weighted by molar-refractivity contribution is 14.0. The van der Waals surface area contributed by atoms with E-state index in [9.17, 15) is 0 Å². The molecule has 0 saturated carbocycles. The molecule has 2 heterocycles. The summed E-state index contributed by atoms with van der Waals surface area (Å²) in [7, 11) is 5.21. The van der Waals surface area contributed by atoms with Gasteiger partial charge >= 0.3 is 0 Å². The average Bonchev–Trinajstić information content (AvgIpc) is 3.41. The molecule has 34 heavy (non-hydrogen) atoms. The molecule has 0 aliphatic carbocycles. The molecule has 7 nitrogen and oxygen atoms in total. The lowest BCUT2D eigenvalue weighted by Crippen LogP contribution is -2.52. The minimum atomic E-state index is 0. The predicted molar refractivity (Wildman–Crippen MR) is 150 cm³/mol. The van der Waals surface area contributed by atoms with Gasteiger partial charge in [-0.1, -0.05) is 30.4 Å². The van der Waals surface area contributed by atoms with Gasteiger partial charge in [-0.05, 0) is 35.4 Å². The number of anilines is 1. The summed E-state index contributed by atoms with van der Waals surface area (Å²) >= 11 is 0. The molecule has 8 heteroatoms. The zero-order valence-electron chi connectivity index (χ0n) is 20.4. The fourth-order valence-electron chi connectivity index (χ4n) is 4.38. The largest absolute Gasteiger partial charge is 0.493 e. The number of nitrogens with one attached hydrogen (secondary N) is 1. The van der Waals surface area contributed by atoms with E-state index in [1.165, 1.54) is 16.8 Å². The van der Waals surface area contributed by atoms with Gasteiger partial charge in [-0.3, -0.25) is 9.89 Å². The number of piperazine rings is 1. The Morgan fingerprint density at radius 1 is 0.882 bits per heavy atom. The fourth-order valence-corrected chi connectivity index (χ4v) is 4.38. The van der Waals surface area contributed by atoms with Crippen LogP contribution < -0.4 is 19.7 Å². The van der Waals surface area contributed by atoms with Crippen LogP contribution in [0, 0.1) is 0 Å². The van der Waals surface area contributed by atoms with Crippen LogP contribution in [0.4, 0.5) is 5.69 Å². The molecule has 2 aliphatic heterocycles. The molecule has 0 aromatic heterocycles. The van der Waals surface area contributed by atoms with Crippen LogP contribution in [-0.2, 0) is 13.1 Å². The lowest BCUT2D eigenvalue weighted by atomic mass is 10.1. The number of ether oxygens (including phenoxy) is 2. The third-order valence-electron chi connectivity index (χ3n) is 6.31. The number of nitrogens with zero attached hydrogens (tertiary/aromatic N) is 4. The van der Waals surface area contributed by atoms with Crippen molar-refractivity contribution in [1.82, 2.24) is 15.1 Å². The van der Waals surface area contributed by atoms with Crippen molar-refractivity contribution < 1.29 is 9.47 Å². The van der Waals surface area contributed by atoms with Gasteiger partial charge in [-0.15, -0.1) is 24.0 Å². The minimum absolute atomic E-state index is 0. The van der Waals surface area contributed by atoms with Crippen LogP contribution in [0.3, 0.4) is 0 Å². The summed E-state index contributed by atoms with van der Waals surface area (Å²) in [6.45, 7) is 7.57. The maximum absolute atomic E-state index is 5.44. The molecule has 4 rings (SSSR count). The first-order valence-electron chi connectivity index (χ1n) is 11.6. The summed E-state index contributed by atoms with van der Waals surface area (Å²) in [4.78, 5) is 11.7. The van der Waals surface area contributed by atoms with Gasteiger partial charge in [0.2, 0.25) is 0 Å². The van der Waals surface area contributed by atoms with Crippen LogP contribution >= 0.6 is 24.0 Å². The van der Waals surface area contributed by atoms with E-state index in [2.05, 4.69) is 73.6 Å². The van der Waals surface area contributed by atoms with Crippen molar-refractivity contribution in [1.29, 1.82) is 0 Å². The molecular weight excluding hydrogens is 541 g/mol. The topological polar surface area (TPSA) is 52.6 Å². The Balaban J connectivity index is 0.00000324. The van der Waals surface area contributed by atoms with E-state index >= 15 is 0 Å². The molecule has 0 bridgehead atoms. The third-order valence-corrected chi connectivity index (χ3v) is 6.31. The van der Waals surface area contributed by atoms with E-state index in [0.717, 1.165) is 69.8 Å². The van der Waals surface area contributed by atoms with Gasteiger partial charge in [0, 0.05) is 65.1 Å². The molecule has 2 aromatic rings. The molecule has 184 valence electrons. The normalized spacial score (nSPS) is 16.4. The van der Waals surface area contributed by atoms with E-state index in [1.54, 1.807) is 14.2 Å². The maximum atomic E-state index is 5.44. The van der Waals surface area contributed by atoms with E-state index in [0.29, 0.717) is 0 Å². The smallest absolute Gasteiger partial charge is 0.194 e. The number of rotatable bonds is 7. The van der Waals surface area contributed by atoms with E-state index < -0.39 is 0 Å². The fraction of sp³-hybridized carbons (Fsp3) is 0.423. The number of hydrogen-bond acceptors (Lipinski definition) is 5. The second-order valence-electron chi connectivity index (χ2n) is 8.40. The highest BCUT2D eigenvalue weighted by Gasteiger charge is 2.20. The Bertz CT molecular complexity index is 964. The Hall–Kier alpha value is -2.46. The maximum Gasteiger partial charge on any atom is 0.194 e. The van der Waals surface area contributed by atoms with Crippen molar-refractivity contribution in [2.24, 2.45) is 4.99 Å². The molecular formula is C26H36IN5O2. The first-order valence-corrected chi connectivity index (χ1v) is 11.6. The van der Waals surface area contributed by atoms with Crippen LogP contribution in [0.25, 0.3) is 0 Å². The number of hydrogen-bond donors (Lipinski definition) is 1. The molecule has 1 fully saturated rings. The molecule has 2 aliphatic rings. The van der Waals surface area contributed by atoms with Gasteiger partial charge in [-0.2, -0.15) is 0 Å². The number of methoxy groups -OCH3 is 2. The van der Waals surface area contributed by atoms with Gasteiger partial charge in [-0.25, -0.2) is 0 Å². The molecule has 0 unspecified atom stereocenters. The van der Waals surface area contributed by atoms with E-state index in [1.807, 2.05) is 13.1 Å². The first-order chi connectivity index (χ1) is 16.2. The molecule has 2 aromatic carbocycles. The molecule has 0 amide bonds. The standard InChI is InChI=1S/C26H35N5O2.HI/c1-27-26(28-19-21-6-9-23(10-7-21)30-12-4-5-13-30)31-16-14-29(15-17-31)20-22-8-11-24(32-2)25(18-22)33-3;/h4-11,18H,12-17,19-20H2,1-3H3,(H,27,28);1H. The predicted octanol–water partition coefficient (Wildman–Crippen LogP) is 3.59. The van der Waals surface area contributed by atoms with Crippen LogP contribution in [0.2, 0.25) is 0 Å². The second-order valence-corrected chi connectivity index (χ2v) is 8.40. The molecule has 0 spiro atoms. The number of guanidine groups is 1. The summed E-state index contributed by atoms with van der Waals surface area (Å²) in [6, 6.07) is 15.0. The van der Waals surface area contributed by atoms with Gasteiger partial charge in [0.15, 0.2) is 17.5 Å².